The van der Waals surface area contributed by atoms with Crippen LogP contribution in [0.2, 0.25) is 0 Å². The summed E-state index contributed by atoms with van der Waals surface area (Å²) in [6, 6.07) is 9.03. The first kappa shape index (κ1) is 17.9. The molecule has 2 atom stereocenters. The summed E-state index contributed by atoms with van der Waals surface area (Å²) in [5.74, 6) is -2.51. The van der Waals surface area contributed by atoms with Gasteiger partial charge in [-0.2, -0.15) is 14.8 Å². The molecule has 0 aromatic heterocycles. The molecular formula is C16H17N3O4S. The zero-order valence-electron chi connectivity index (χ0n) is 13.6. The third kappa shape index (κ3) is 2.27. The van der Waals surface area contributed by atoms with Gasteiger partial charge in [-0.15, -0.1) is 0 Å². The highest BCUT2D eigenvalue weighted by Gasteiger charge is 2.62. The minimum Gasteiger partial charge on any atom is -0.465 e. The smallest absolute Gasteiger partial charge is 0.326 e. The lowest BCUT2D eigenvalue weighted by atomic mass is 9.79. The van der Waals surface area contributed by atoms with E-state index in [0.29, 0.717) is 0 Å². The number of nitrogens with zero attached hydrogens (tertiary/aromatic N) is 3. The number of esters is 1. The molecule has 1 aliphatic heterocycles. The molecule has 0 amide bonds. The Kier molecular flexibility index (Phi) is 4.66. The molecule has 0 fully saturated rings. The van der Waals surface area contributed by atoms with Gasteiger partial charge in [0.25, 0.3) is 0 Å². The molecule has 0 aliphatic carbocycles. The Bertz CT molecular complexity index is 851. The summed E-state index contributed by atoms with van der Waals surface area (Å²) < 4.78 is 31.7. The largest absolute Gasteiger partial charge is 0.465 e. The van der Waals surface area contributed by atoms with E-state index in [2.05, 4.69) is 0 Å². The fourth-order valence-electron chi connectivity index (χ4n) is 3.10. The maximum absolute atomic E-state index is 12.9. The number of carbonyl (C=O) groups excluding carboxylic acids is 1. The van der Waals surface area contributed by atoms with Crippen LogP contribution in [0.1, 0.15) is 26.3 Å². The fraction of sp³-hybridized carbons (Fsp3) is 0.438. The zero-order valence-corrected chi connectivity index (χ0v) is 14.4. The maximum Gasteiger partial charge on any atom is 0.326 e. The van der Waals surface area contributed by atoms with Crippen LogP contribution in [0.4, 0.5) is 0 Å². The SMILES string of the molecule is CCOC(=O)C(C#N)C1(C#N)c2ccccc2S(=O)(=O)N1C(C)C. The number of benzene rings is 1. The van der Waals surface area contributed by atoms with Crippen molar-refractivity contribution in [1.29, 1.82) is 10.5 Å². The first-order chi connectivity index (χ1) is 11.3. The van der Waals surface area contributed by atoms with Gasteiger partial charge in [0.15, 0.2) is 11.5 Å². The van der Waals surface area contributed by atoms with Crippen molar-refractivity contribution < 1.29 is 17.9 Å². The molecular weight excluding hydrogens is 330 g/mol. The molecule has 0 spiro atoms. The predicted molar refractivity (Wildman–Crippen MR) is 83.6 cm³/mol. The lowest BCUT2D eigenvalue weighted by Gasteiger charge is -2.36. The van der Waals surface area contributed by atoms with Crippen molar-refractivity contribution in [2.75, 3.05) is 6.61 Å². The molecule has 0 saturated heterocycles. The number of carbonyl (C=O) groups is 1. The van der Waals surface area contributed by atoms with Crippen molar-refractivity contribution in [3.8, 4) is 12.1 Å². The molecule has 7 nitrogen and oxygen atoms in total. The first-order valence-corrected chi connectivity index (χ1v) is 8.84. The van der Waals surface area contributed by atoms with Gasteiger partial charge in [-0.1, -0.05) is 18.2 Å². The van der Waals surface area contributed by atoms with Gasteiger partial charge in [-0.3, -0.25) is 4.79 Å². The third-order valence-corrected chi connectivity index (χ3v) is 6.03. The van der Waals surface area contributed by atoms with Crippen LogP contribution in [-0.4, -0.2) is 31.3 Å². The van der Waals surface area contributed by atoms with E-state index in [9.17, 15) is 23.7 Å². The molecule has 126 valence electrons. The number of rotatable bonds is 4. The van der Waals surface area contributed by atoms with Crippen molar-refractivity contribution in [2.45, 2.75) is 37.2 Å². The normalized spacial score (nSPS) is 23.1. The Hall–Kier alpha value is -2.42. The predicted octanol–water partition coefficient (Wildman–Crippen LogP) is 1.52. The number of sulfonamides is 1. The second kappa shape index (κ2) is 6.23. The molecule has 0 radical (unpaired) electrons. The van der Waals surface area contributed by atoms with Crippen LogP contribution >= 0.6 is 0 Å². The van der Waals surface area contributed by atoms with E-state index >= 15 is 0 Å². The highest BCUT2D eigenvalue weighted by molar-refractivity contribution is 7.89. The van der Waals surface area contributed by atoms with E-state index < -0.39 is 33.5 Å². The standard InChI is InChI=1S/C16H17N3O4S/c1-4-23-15(20)13(9-17)16(10-18)12-7-5-6-8-14(12)24(21,22)19(16)11(2)3/h5-8,11,13H,4H2,1-3H3. The molecule has 1 aromatic carbocycles. The van der Waals surface area contributed by atoms with Crippen LogP contribution < -0.4 is 0 Å². The van der Waals surface area contributed by atoms with Crippen LogP contribution in [0.15, 0.2) is 29.2 Å². The highest BCUT2D eigenvalue weighted by atomic mass is 32.2. The van der Waals surface area contributed by atoms with Gasteiger partial charge in [-0.05, 0) is 26.8 Å². The minimum atomic E-state index is -4.02. The zero-order chi connectivity index (χ0) is 18.1. The summed E-state index contributed by atoms with van der Waals surface area (Å²) in [6.07, 6.45) is 0. The van der Waals surface area contributed by atoms with E-state index in [-0.39, 0.29) is 17.1 Å². The van der Waals surface area contributed by atoms with Crippen molar-refractivity contribution in [3.05, 3.63) is 29.8 Å². The van der Waals surface area contributed by atoms with Crippen molar-refractivity contribution >= 4 is 16.0 Å². The molecule has 1 aromatic rings. The van der Waals surface area contributed by atoms with Crippen molar-refractivity contribution in [3.63, 3.8) is 0 Å². The van der Waals surface area contributed by atoms with Crippen molar-refractivity contribution in [1.82, 2.24) is 4.31 Å². The monoisotopic (exact) mass is 347 g/mol. The molecule has 24 heavy (non-hydrogen) atoms. The minimum absolute atomic E-state index is 0.0224. The highest BCUT2D eigenvalue weighted by Crippen LogP contribution is 2.49. The summed E-state index contributed by atoms with van der Waals surface area (Å²) in [6.45, 7) is 4.78. The molecule has 2 rings (SSSR count). The fourth-order valence-corrected chi connectivity index (χ4v) is 5.25. The molecule has 0 bridgehead atoms. The Labute approximate surface area is 141 Å². The average molecular weight is 347 g/mol. The van der Waals surface area contributed by atoms with E-state index in [1.807, 2.05) is 6.07 Å². The summed E-state index contributed by atoms with van der Waals surface area (Å²) in [4.78, 5) is 12.2. The summed E-state index contributed by atoms with van der Waals surface area (Å²) in [7, 11) is -4.02. The molecule has 1 heterocycles. The van der Waals surface area contributed by atoms with Gasteiger partial charge < -0.3 is 4.74 Å². The number of hydrogen-bond acceptors (Lipinski definition) is 6. The van der Waals surface area contributed by atoms with E-state index in [1.165, 1.54) is 18.2 Å². The van der Waals surface area contributed by atoms with Gasteiger partial charge in [0.05, 0.1) is 23.6 Å². The van der Waals surface area contributed by atoms with E-state index in [4.69, 9.17) is 4.74 Å². The quantitative estimate of drug-likeness (QED) is 0.763. The van der Waals surface area contributed by atoms with Crippen molar-refractivity contribution in [2.24, 2.45) is 5.92 Å². The van der Waals surface area contributed by atoms with Gasteiger partial charge in [0.2, 0.25) is 10.0 Å². The van der Waals surface area contributed by atoms with E-state index in [1.54, 1.807) is 32.9 Å². The average Bonchev–Trinajstić information content (AvgIpc) is 2.74. The topological polar surface area (TPSA) is 111 Å². The van der Waals surface area contributed by atoms with Gasteiger partial charge >= 0.3 is 5.97 Å². The molecule has 1 aliphatic rings. The summed E-state index contributed by atoms with van der Waals surface area (Å²) >= 11 is 0. The molecule has 8 heteroatoms. The molecule has 0 N–H and O–H groups in total. The molecule has 2 unspecified atom stereocenters. The first-order valence-electron chi connectivity index (χ1n) is 7.40. The van der Waals surface area contributed by atoms with Gasteiger partial charge in [-0.25, -0.2) is 8.42 Å². The van der Waals surface area contributed by atoms with Gasteiger partial charge in [0, 0.05) is 11.6 Å². The second-order valence-corrected chi connectivity index (χ2v) is 7.37. The number of hydrogen-bond donors (Lipinski definition) is 0. The lowest BCUT2D eigenvalue weighted by molar-refractivity contribution is -0.149. The Morgan fingerprint density at radius 3 is 2.46 bits per heavy atom. The maximum atomic E-state index is 12.9. The lowest BCUT2D eigenvalue weighted by Crippen LogP contribution is -2.53. The molecule has 0 saturated carbocycles. The van der Waals surface area contributed by atoms with Gasteiger partial charge in [0.1, 0.15) is 0 Å². The number of fused-ring (bicyclic) bond motifs is 1. The van der Waals surface area contributed by atoms with Crippen LogP contribution in [-0.2, 0) is 25.1 Å². The Balaban J connectivity index is 2.86. The summed E-state index contributed by atoms with van der Waals surface area (Å²) in [5.41, 5.74) is -1.83. The summed E-state index contributed by atoms with van der Waals surface area (Å²) in [5, 5.41) is 19.5. The van der Waals surface area contributed by atoms with E-state index in [0.717, 1.165) is 4.31 Å². The van der Waals surface area contributed by atoms with Crippen LogP contribution in [0.5, 0.6) is 0 Å². The van der Waals surface area contributed by atoms with Crippen LogP contribution in [0.25, 0.3) is 0 Å². The van der Waals surface area contributed by atoms with Crippen LogP contribution in [0, 0.1) is 28.6 Å². The Morgan fingerprint density at radius 1 is 1.33 bits per heavy atom. The number of ether oxygens (including phenoxy) is 1. The second-order valence-electron chi connectivity index (χ2n) is 5.58. The number of nitriles is 2. The third-order valence-electron chi connectivity index (χ3n) is 3.89. The Morgan fingerprint density at radius 2 is 1.96 bits per heavy atom. The van der Waals surface area contributed by atoms with Crippen LogP contribution in [0.3, 0.4) is 0 Å².